The molecule has 0 aliphatic carbocycles. The van der Waals surface area contributed by atoms with E-state index in [9.17, 15) is 24.0 Å². The zero-order chi connectivity index (χ0) is 31.8. The molecule has 2 saturated heterocycles. The third kappa shape index (κ3) is 5.52. The van der Waals surface area contributed by atoms with Crippen molar-refractivity contribution in [1.82, 2.24) is 9.47 Å². The molecule has 6 rings (SSSR count). The van der Waals surface area contributed by atoms with Crippen LogP contribution in [0.1, 0.15) is 52.9 Å². The Morgan fingerprint density at radius 2 is 1.62 bits per heavy atom. The van der Waals surface area contributed by atoms with Crippen molar-refractivity contribution < 1.29 is 33.4 Å². The number of esters is 1. The van der Waals surface area contributed by atoms with Gasteiger partial charge in [-0.2, -0.15) is 0 Å². The number of benzene rings is 2. The number of aromatic nitrogens is 1. The molecule has 236 valence electrons. The number of carbonyl (C=O) groups is 4. The van der Waals surface area contributed by atoms with E-state index in [1.807, 2.05) is 6.07 Å². The van der Waals surface area contributed by atoms with Crippen molar-refractivity contribution in [3.63, 3.8) is 0 Å². The van der Waals surface area contributed by atoms with Crippen molar-refractivity contribution >= 4 is 52.5 Å². The van der Waals surface area contributed by atoms with E-state index in [4.69, 9.17) is 14.2 Å². The number of thioether (sulfide) groups is 1. The minimum absolute atomic E-state index is 0.130. The van der Waals surface area contributed by atoms with Crippen LogP contribution in [0.15, 0.2) is 52.3 Å². The molecule has 0 N–H and O–H groups in total. The number of likely N-dealkylation sites (tertiary alicyclic amines) is 1. The smallest absolute Gasteiger partial charge is 0.338 e. The average Bonchev–Trinajstić information content (AvgIpc) is 3.51. The highest BCUT2D eigenvalue weighted by molar-refractivity contribution is 8.00. The largest absolute Gasteiger partial charge is 0.493 e. The average molecular weight is 652 g/mol. The Bertz CT molecular complexity index is 1710. The molecule has 1 aromatic heterocycles. The van der Waals surface area contributed by atoms with Crippen molar-refractivity contribution in [3.05, 3.63) is 68.1 Å². The van der Waals surface area contributed by atoms with Crippen LogP contribution >= 0.6 is 23.1 Å². The maximum atomic E-state index is 14.2. The lowest BCUT2D eigenvalue weighted by atomic mass is 9.83. The van der Waals surface area contributed by atoms with Gasteiger partial charge in [0.1, 0.15) is 11.8 Å². The molecular formula is C32H33N3O8S2. The second-order valence-corrected chi connectivity index (χ2v) is 13.1. The van der Waals surface area contributed by atoms with Gasteiger partial charge in [-0.15, -0.1) is 0 Å². The SMILES string of the molecule is CCOC(=O)c1ccc(N2C(=O)[C@H]3[C@H](c4ccc(OC)c(OC)c4)c4sc(=O)n(CC(=O)N5CCCCC5)c4S[C@H]3C2=O)cc1. The van der Waals surface area contributed by atoms with Gasteiger partial charge in [0, 0.05) is 23.9 Å². The zero-order valence-electron chi connectivity index (χ0n) is 25.1. The van der Waals surface area contributed by atoms with Crippen LogP contribution in [0.4, 0.5) is 5.69 Å². The number of fused-ring (bicyclic) bond motifs is 2. The summed E-state index contributed by atoms with van der Waals surface area (Å²) in [6, 6.07) is 11.5. The van der Waals surface area contributed by atoms with E-state index in [-0.39, 0.29) is 23.9 Å². The normalized spacial score (nSPS) is 20.9. The monoisotopic (exact) mass is 651 g/mol. The Hall–Kier alpha value is -4.10. The zero-order valence-corrected chi connectivity index (χ0v) is 26.8. The number of methoxy groups -OCH3 is 2. The van der Waals surface area contributed by atoms with Gasteiger partial charge >= 0.3 is 10.8 Å². The van der Waals surface area contributed by atoms with E-state index in [0.717, 1.165) is 35.5 Å². The van der Waals surface area contributed by atoms with Crippen LogP contribution in [0.3, 0.4) is 0 Å². The number of nitrogens with zero attached hydrogens (tertiary/aromatic N) is 3. The Balaban J connectivity index is 1.42. The summed E-state index contributed by atoms with van der Waals surface area (Å²) < 4.78 is 17.5. The van der Waals surface area contributed by atoms with Crippen molar-refractivity contribution in [2.24, 2.45) is 5.92 Å². The number of ether oxygens (including phenoxy) is 3. The Labute approximate surface area is 268 Å². The molecule has 3 aromatic rings. The van der Waals surface area contributed by atoms with Crippen molar-refractivity contribution in [2.75, 3.05) is 38.8 Å². The summed E-state index contributed by atoms with van der Waals surface area (Å²) in [6.07, 6.45) is 2.92. The van der Waals surface area contributed by atoms with Crippen LogP contribution in [0.5, 0.6) is 11.5 Å². The molecule has 3 atom stereocenters. The molecule has 0 bridgehead atoms. The van der Waals surface area contributed by atoms with Crippen molar-refractivity contribution in [2.45, 2.75) is 48.9 Å². The van der Waals surface area contributed by atoms with Crippen molar-refractivity contribution in [3.8, 4) is 11.5 Å². The molecule has 0 radical (unpaired) electrons. The number of hydrogen-bond acceptors (Lipinski definition) is 10. The summed E-state index contributed by atoms with van der Waals surface area (Å²) in [7, 11) is 3.04. The number of rotatable bonds is 8. The topological polar surface area (TPSA) is 124 Å². The number of amides is 3. The van der Waals surface area contributed by atoms with Gasteiger partial charge in [-0.1, -0.05) is 29.2 Å². The first kappa shape index (κ1) is 30.9. The molecule has 0 spiro atoms. The fourth-order valence-electron chi connectivity index (χ4n) is 6.25. The molecule has 45 heavy (non-hydrogen) atoms. The van der Waals surface area contributed by atoms with Gasteiger partial charge in [0.2, 0.25) is 17.7 Å². The van der Waals surface area contributed by atoms with Crippen LogP contribution in [0.25, 0.3) is 0 Å². The molecule has 4 heterocycles. The predicted octanol–water partition coefficient (Wildman–Crippen LogP) is 3.91. The summed E-state index contributed by atoms with van der Waals surface area (Å²) in [5.74, 6) is -2.02. The minimum Gasteiger partial charge on any atom is -0.493 e. The van der Waals surface area contributed by atoms with E-state index < -0.39 is 34.9 Å². The maximum absolute atomic E-state index is 14.2. The number of carbonyl (C=O) groups excluding carboxylic acids is 4. The first-order valence-corrected chi connectivity index (χ1v) is 16.5. The molecule has 0 unspecified atom stereocenters. The number of thiazole rings is 1. The van der Waals surface area contributed by atoms with E-state index in [1.165, 1.54) is 42.7 Å². The fraction of sp³-hybridized carbons (Fsp3) is 0.406. The van der Waals surface area contributed by atoms with E-state index in [0.29, 0.717) is 51.3 Å². The van der Waals surface area contributed by atoms with E-state index in [2.05, 4.69) is 0 Å². The molecule has 13 heteroatoms. The van der Waals surface area contributed by atoms with E-state index >= 15 is 0 Å². The highest BCUT2D eigenvalue weighted by Gasteiger charge is 2.57. The Morgan fingerprint density at radius 1 is 0.911 bits per heavy atom. The third-order valence-electron chi connectivity index (χ3n) is 8.45. The fourth-order valence-corrected chi connectivity index (χ4v) is 9.03. The van der Waals surface area contributed by atoms with Gasteiger partial charge in [-0.05, 0) is 68.1 Å². The second kappa shape index (κ2) is 12.7. The molecule has 3 aliphatic heterocycles. The summed E-state index contributed by atoms with van der Waals surface area (Å²) in [6.45, 7) is 3.12. The number of piperidine rings is 1. The highest BCUT2D eigenvalue weighted by atomic mass is 32.2. The van der Waals surface area contributed by atoms with Gasteiger partial charge in [-0.3, -0.25) is 23.7 Å². The molecular weight excluding hydrogens is 618 g/mol. The predicted molar refractivity (Wildman–Crippen MR) is 168 cm³/mol. The summed E-state index contributed by atoms with van der Waals surface area (Å²) >= 11 is 2.17. The lowest BCUT2D eigenvalue weighted by molar-refractivity contribution is -0.133. The number of imide groups is 1. The third-order valence-corrected chi connectivity index (χ3v) is 11.1. The molecule has 3 aliphatic rings. The first-order chi connectivity index (χ1) is 21.8. The lowest BCUT2D eigenvalue weighted by Crippen LogP contribution is -2.39. The molecule has 3 amide bonds. The molecule has 0 saturated carbocycles. The van der Waals surface area contributed by atoms with Crippen LogP contribution in [-0.2, 0) is 25.7 Å². The standard InChI is InChI=1S/C32H33N3O8S2/c1-4-43-31(39)18-8-11-20(12-9-18)35-28(37)25-24(19-10-13-21(41-2)22(16-19)42-3)27-30(44-26(25)29(35)38)34(32(40)45-27)17-23(36)33-14-6-5-7-15-33/h8-13,16,24-26H,4-7,14-15,17H2,1-3H3/t24-,25-,26+/m0/s1. The van der Waals surface area contributed by atoms with Gasteiger partial charge in [0.05, 0.1) is 43.0 Å². The van der Waals surface area contributed by atoms with Crippen LogP contribution in [0.2, 0.25) is 0 Å². The van der Waals surface area contributed by atoms with Crippen LogP contribution in [-0.4, -0.2) is 72.3 Å². The van der Waals surface area contributed by atoms with Gasteiger partial charge in [0.25, 0.3) is 0 Å². The summed E-state index contributed by atoms with van der Waals surface area (Å²) in [4.78, 5) is 70.5. The van der Waals surface area contributed by atoms with Crippen molar-refractivity contribution in [1.29, 1.82) is 0 Å². The van der Waals surface area contributed by atoms with Gasteiger partial charge in [0.15, 0.2) is 11.5 Å². The van der Waals surface area contributed by atoms with Gasteiger partial charge < -0.3 is 19.1 Å². The quantitative estimate of drug-likeness (QED) is 0.263. The highest BCUT2D eigenvalue weighted by Crippen LogP contribution is 2.54. The minimum atomic E-state index is -0.849. The Kier molecular flexibility index (Phi) is 8.74. The molecule has 2 fully saturated rings. The van der Waals surface area contributed by atoms with E-state index in [1.54, 1.807) is 36.1 Å². The van der Waals surface area contributed by atoms with Gasteiger partial charge in [-0.25, -0.2) is 9.69 Å². The molecule has 2 aromatic carbocycles. The second-order valence-electron chi connectivity index (χ2n) is 11.0. The molecule has 11 nitrogen and oxygen atoms in total. The van der Waals surface area contributed by atoms with Crippen LogP contribution < -0.4 is 19.2 Å². The summed E-state index contributed by atoms with van der Waals surface area (Å²) in [5.41, 5.74) is 1.32. The number of hydrogen-bond donors (Lipinski definition) is 0. The first-order valence-electron chi connectivity index (χ1n) is 14.8. The number of anilines is 1. The van der Waals surface area contributed by atoms with Crippen LogP contribution in [0, 0.1) is 5.92 Å². The summed E-state index contributed by atoms with van der Waals surface area (Å²) in [5, 5.41) is -0.324. The maximum Gasteiger partial charge on any atom is 0.338 e. The lowest BCUT2D eigenvalue weighted by Gasteiger charge is -2.31. The Morgan fingerprint density at radius 3 is 2.29 bits per heavy atom.